The van der Waals surface area contributed by atoms with Crippen LogP contribution in [0, 0.1) is 0 Å². The molecule has 0 unspecified atom stereocenters. The maximum atomic E-state index is 12.7. The first-order chi connectivity index (χ1) is 12.2. The highest BCUT2D eigenvalue weighted by molar-refractivity contribution is 6.08. The topological polar surface area (TPSA) is 65.4 Å². The monoisotopic (exact) mass is 337 g/mol. The van der Waals surface area contributed by atoms with Gasteiger partial charge >= 0.3 is 0 Å². The second kappa shape index (κ2) is 6.57. The van der Waals surface area contributed by atoms with Crippen LogP contribution in [0.2, 0.25) is 0 Å². The van der Waals surface area contributed by atoms with Crippen LogP contribution in [0.25, 0.3) is 10.9 Å². The van der Waals surface area contributed by atoms with Crippen molar-refractivity contribution in [2.24, 2.45) is 7.05 Å². The molecule has 1 aliphatic heterocycles. The lowest BCUT2D eigenvalue weighted by molar-refractivity contribution is 0.102. The van der Waals surface area contributed by atoms with Crippen LogP contribution in [0.5, 0.6) is 5.88 Å². The van der Waals surface area contributed by atoms with Gasteiger partial charge in [-0.15, -0.1) is 0 Å². The van der Waals surface area contributed by atoms with E-state index in [0.29, 0.717) is 24.7 Å². The fraction of sp³-hybridized carbons (Fsp3) is 0.263. The number of para-hydroxylation sites is 1. The number of aromatic nitrogens is 2. The molecule has 1 saturated heterocycles. The Bertz CT molecular complexity index is 913. The number of anilines is 1. The number of hydrogen-bond acceptors (Lipinski definition) is 4. The van der Waals surface area contributed by atoms with Gasteiger partial charge in [0.2, 0.25) is 5.88 Å². The van der Waals surface area contributed by atoms with Crippen LogP contribution in [0.4, 0.5) is 5.69 Å². The molecular weight excluding hydrogens is 318 g/mol. The van der Waals surface area contributed by atoms with E-state index in [1.807, 2.05) is 42.1 Å². The SMILES string of the molecule is Cn1ccc2cccc(NC(=O)c3ccnc(O[C@@H]4CCOC4)c3)c21. The molecule has 6 nitrogen and oxygen atoms in total. The van der Waals surface area contributed by atoms with E-state index in [-0.39, 0.29) is 12.0 Å². The number of nitrogens with zero attached hydrogens (tertiary/aromatic N) is 2. The number of amides is 1. The summed E-state index contributed by atoms with van der Waals surface area (Å²) in [5.41, 5.74) is 2.28. The molecule has 3 aromatic rings. The number of hydrogen-bond donors (Lipinski definition) is 1. The summed E-state index contributed by atoms with van der Waals surface area (Å²) in [4.78, 5) is 16.8. The second-order valence-corrected chi connectivity index (χ2v) is 6.11. The minimum atomic E-state index is -0.191. The van der Waals surface area contributed by atoms with Crippen LogP contribution >= 0.6 is 0 Å². The quantitative estimate of drug-likeness (QED) is 0.795. The summed E-state index contributed by atoms with van der Waals surface area (Å²) in [5.74, 6) is 0.254. The van der Waals surface area contributed by atoms with Crippen molar-refractivity contribution in [3.05, 3.63) is 54.4 Å². The molecule has 1 aliphatic rings. The van der Waals surface area contributed by atoms with Gasteiger partial charge in [-0.05, 0) is 18.2 Å². The number of aryl methyl sites for hydroxylation is 1. The molecule has 4 rings (SSSR count). The average Bonchev–Trinajstić information content (AvgIpc) is 3.26. The molecule has 0 radical (unpaired) electrons. The predicted molar refractivity (Wildman–Crippen MR) is 95.0 cm³/mol. The van der Waals surface area contributed by atoms with Crippen molar-refractivity contribution in [1.29, 1.82) is 0 Å². The van der Waals surface area contributed by atoms with Gasteiger partial charge < -0.3 is 19.4 Å². The zero-order chi connectivity index (χ0) is 17.2. The molecule has 0 bridgehead atoms. The standard InChI is InChI=1S/C19H19N3O3/c1-22-9-6-13-3-2-4-16(18(13)22)21-19(23)14-5-8-20-17(11-14)25-15-7-10-24-12-15/h2-6,8-9,11,15H,7,10,12H2,1H3,(H,21,23)/t15-/m1/s1. The van der Waals surface area contributed by atoms with Crippen molar-refractivity contribution in [2.75, 3.05) is 18.5 Å². The number of nitrogens with one attached hydrogen (secondary N) is 1. The smallest absolute Gasteiger partial charge is 0.255 e. The largest absolute Gasteiger partial charge is 0.472 e. The molecule has 1 aromatic carbocycles. The lowest BCUT2D eigenvalue weighted by atomic mass is 10.2. The van der Waals surface area contributed by atoms with Crippen molar-refractivity contribution in [3.8, 4) is 5.88 Å². The van der Waals surface area contributed by atoms with Crippen LogP contribution in [-0.2, 0) is 11.8 Å². The van der Waals surface area contributed by atoms with E-state index in [1.165, 1.54) is 0 Å². The van der Waals surface area contributed by atoms with Crippen molar-refractivity contribution >= 4 is 22.5 Å². The normalized spacial score (nSPS) is 16.9. The third-order valence-electron chi connectivity index (χ3n) is 4.32. The highest BCUT2D eigenvalue weighted by atomic mass is 16.5. The number of pyridine rings is 1. The Morgan fingerprint density at radius 3 is 3.12 bits per heavy atom. The van der Waals surface area contributed by atoms with E-state index in [2.05, 4.69) is 10.3 Å². The summed E-state index contributed by atoms with van der Waals surface area (Å²) < 4.78 is 13.1. The predicted octanol–water partition coefficient (Wildman–Crippen LogP) is 2.99. The Hall–Kier alpha value is -2.86. The van der Waals surface area contributed by atoms with Gasteiger partial charge in [-0.3, -0.25) is 4.79 Å². The maximum Gasteiger partial charge on any atom is 0.255 e. The third kappa shape index (κ3) is 3.21. The van der Waals surface area contributed by atoms with Gasteiger partial charge in [0.25, 0.3) is 5.91 Å². The Morgan fingerprint density at radius 2 is 2.28 bits per heavy atom. The number of carbonyl (C=O) groups is 1. The summed E-state index contributed by atoms with van der Waals surface area (Å²) in [5, 5.41) is 4.06. The van der Waals surface area contributed by atoms with Crippen LogP contribution in [-0.4, -0.2) is 34.8 Å². The second-order valence-electron chi connectivity index (χ2n) is 6.11. The van der Waals surface area contributed by atoms with Crippen LogP contribution in [0.1, 0.15) is 16.8 Å². The number of ether oxygens (including phenoxy) is 2. The molecule has 1 N–H and O–H groups in total. The van der Waals surface area contributed by atoms with E-state index in [9.17, 15) is 4.79 Å². The first-order valence-electron chi connectivity index (χ1n) is 8.26. The van der Waals surface area contributed by atoms with Crippen molar-refractivity contribution < 1.29 is 14.3 Å². The maximum absolute atomic E-state index is 12.7. The zero-order valence-electron chi connectivity index (χ0n) is 13.9. The van der Waals surface area contributed by atoms with Gasteiger partial charge in [0.15, 0.2) is 0 Å². The lowest BCUT2D eigenvalue weighted by Crippen LogP contribution is -2.17. The van der Waals surface area contributed by atoms with E-state index < -0.39 is 0 Å². The molecule has 1 atom stereocenters. The highest BCUT2D eigenvalue weighted by Gasteiger charge is 2.18. The van der Waals surface area contributed by atoms with Crippen LogP contribution in [0.15, 0.2) is 48.8 Å². The van der Waals surface area contributed by atoms with E-state index in [4.69, 9.17) is 9.47 Å². The molecule has 3 heterocycles. The molecule has 0 aliphatic carbocycles. The molecule has 2 aromatic heterocycles. The average molecular weight is 337 g/mol. The Balaban J connectivity index is 1.55. The summed E-state index contributed by atoms with van der Waals surface area (Å²) in [7, 11) is 1.96. The Morgan fingerprint density at radius 1 is 1.36 bits per heavy atom. The highest BCUT2D eigenvalue weighted by Crippen LogP contribution is 2.24. The molecule has 128 valence electrons. The molecule has 6 heteroatoms. The molecule has 0 saturated carbocycles. The summed E-state index contributed by atoms with van der Waals surface area (Å²) in [6.07, 6.45) is 4.40. The molecule has 25 heavy (non-hydrogen) atoms. The minimum absolute atomic E-state index is 0.00271. The Kier molecular flexibility index (Phi) is 4.11. The van der Waals surface area contributed by atoms with E-state index >= 15 is 0 Å². The Labute approximate surface area is 145 Å². The third-order valence-corrected chi connectivity index (χ3v) is 4.32. The number of fused-ring (bicyclic) bond motifs is 1. The molecule has 1 amide bonds. The van der Waals surface area contributed by atoms with Gasteiger partial charge in [-0.1, -0.05) is 12.1 Å². The minimum Gasteiger partial charge on any atom is -0.472 e. The van der Waals surface area contributed by atoms with Gasteiger partial charge in [0.1, 0.15) is 6.10 Å². The number of benzene rings is 1. The van der Waals surface area contributed by atoms with E-state index in [1.54, 1.807) is 18.3 Å². The fourth-order valence-corrected chi connectivity index (χ4v) is 3.04. The fourth-order valence-electron chi connectivity index (χ4n) is 3.04. The van der Waals surface area contributed by atoms with Crippen molar-refractivity contribution in [3.63, 3.8) is 0 Å². The first kappa shape index (κ1) is 15.7. The molecular formula is C19H19N3O3. The van der Waals surface area contributed by atoms with Gasteiger partial charge in [-0.2, -0.15) is 0 Å². The van der Waals surface area contributed by atoms with Crippen molar-refractivity contribution in [2.45, 2.75) is 12.5 Å². The van der Waals surface area contributed by atoms with Crippen LogP contribution in [0.3, 0.4) is 0 Å². The van der Waals surface area contributed by atoms with Gasteiger partial charge in [0.05, 0.1) is 24.4 Å². The number of carbonyl (C=O) groups excluding carboxylic acids is 1. The summed E-state index contributed by atoms with van der Waals surface area (Å²) >= 11 is 0. The lowest BCUT2D eigenvalue weighted by Gasteiger charge is -2.12. The van der Waals surface area contributed by atoms with Gasteiger partial charge in [0, 0.05) is 42.9 Å². The van der Waals surface area contributed by atoms with Crippen LogP contribution < -0.4 is 10.1 Å². The summed E-state index contributed by atoms with van der Waals surface area (Å²) in [6.45, 7) is 1.26. The molecule has 1 fully saturated rings. The van der Waals surface area contributed by atoms with Gasteiger partial charge in [-0.25, -0.2) is 4.98 Å². The zero-order valence-corrected chi connectivity index (χ0v) is 13.9. The summed E-state index contributed by atoms with van der Waals surface area (Å²) in [6, 6.07) is 11.2. The van der Waals surface area contributed by atoms with Crippen molar-refractivity contribution in [1.82, 2.24) is 9.55 Å². The van der Waals surface area contributed by atoms with E-state index in [0.717, 1.165) is 23.0 Å². The first-order valence-corrected chi connectivity index (χ1v) is 8.26. The number of rotatable bonds is 4. The molecule has 0 spiro atoms.